The van der Waals surface area contributed by atoms with Crippen molar-refractivity contribution >= 4 is 16.7 Å². The number of benzene rings is 1. The van der Waals surface area contributed by atoms with Gasteiger partial charge in [0.05, 0.1) is 12.1 Å². The van der Waals surface area contributed by atoms with Crippen molar-refractivity contribution in [2.24, 2.45) is 0 Å². The van der Waals surface area contributed by atoms with E-state index in [9.17, 15) is 0 Å². The lowest BCUT2D eigenvalue weighted by Gasteiger charge is -2.12. The molecule has 2 heterocycles. The van der Waals surface area contributed by atoms with Gasteiger partial charge in [-0.25, -0.2) is 4.98 Å². The zero-order valence-corrected chi connectivity index (χ0v) is 13.7. The molecule has 124 valence electrons. The summed E-state index contributed by atoms with van der Waals surface area (Å²) in [4.78, 5) is 8.92. The van der Waals surface area contributed by atoms with E-state index in [1.165, 1.54) is 0 Å². The molecule has 1 aromatic carbocycles. The molecule has 0 aliphatic heterocycles. The average molecular weight is 325 g/mol. The molecule has 6 nitrogen and oxygen atoms in total. The summed E-state index contributed by atoms with van der Waals surface area (Å²) in [7, 11) is 1.63. The summed E-state index contributed by atoms with van der Waals surface area (Å²) >= 11 is 0. The minimum absolute atomic E-state index is 0.435. The summed E-state index contributed by atoms with van der Waals surface area (Å²) in [6.45, 7) is 2.87. The van der Waals surface area contributed by atoms with Gasteiger partial charge in [-0.05, 0) is 37.3 Å². The second-order valence-electron chi connectivity index (χ2n) is 5.30. The van der Waals surface area contributed by atoms with Gasteiger partial charge in [0, 0.05) is 30.6 Å². The number of methoxy groups -OCH3 is 1. The minimum Gasteiger partial charge on any atom is -0.475 e. The number of hydrogen-bond acceptors (Lipinski definition) is 6. The first-order chi connectivity index (χ1) is 11.7. The Morgan fingerprint density at radius 1 is 1.08 bits per heavy atom. The predicted octanol–water partition coefficient (Wildman–Crippen LogP) is 3.34. The van der Waals surface area contributed by atoms with E-state index in [-0.39, 0.29) is 0 Å². The highest BCUT2D eigenvalue weighted by Crippen LogP contribution is 2.30. The number of nitrogens with two attached hydrogens (primary N) is 1. The normalized spacial score (nSPS) is 10.8. The molecule has 2 N–H and O–H groups in total. The van der Waals surface area contributed by atoms with Gasteiger partial charge in [-0.1, -0.05) is 0 Å². The Labute approximate surface area is 140 Å². The van der Waals surface area contributed by atoms with Crippen molar-refractivity contribution in [3.05, 3.63) is 48.2 Å². The van der Waals surface area contributed by atoms with Crippen molar-refractivity contribution in [1.29, 1.82) is 0 Å². The van der Waals surface area contributed by atoms with Gasteiger partial charge in [-0.3, -0.25) is 4.98 Å². The SMILES string of the molecule is COCCOc1nc2c(Oc3ccc(N)cc3)ccnc2cc1C. The average Bonchev–Trinajstić information content (AvgIpc) is 2.58. The summed E-state index contributed by atoms with van der Waals surface area (Å²) in [6, 6.07) is 10.9. The van der Waals surface area contributed by atoms with Gasteiger partial charge in [-0.2, -0.15) is 0 Å². The molecule has 0 amide bonds. The van der Waals surface area contributed by atoms with E-state index in [1.54, 1.807) is 31.5 Å². The summed E-state index contributed by atoms with van der Waals surface area (Å²) in [5.41, 5.74) is 8.69. The van der Waals surface area contributed by atoms with Gasteiger partial charge in [0.1, 0.15) is 17.9 Å². The van der Waals surface area contributed by atoms with Crippen LogP contribution in [0.3, 0.4) is 0 Å². The molecule has 0 spiro atoms. The fraction of sp³-hybridized carbons (Fsp3) is 0.222. The van der Waals surface area contributed by atoms with Crippen LogP contribution < -0.4 is 15.2 Å². The van der Waals surface area contributed by atoms with Crippen LogP contribution >= 0.6 is 0 Å². The summed E-state index contributed by atoms with van der Waals surface area (Å²) in [5.74, 6) is 1.84. The molecule has 0 radical (unpaired) electrons. The standard InChI is InChI=1S/C18H19N3O3/c1-12-11-15-17(21-18(12)23-10-9-22-2)16(7-8-20-15)24-14-5-3-13(19)4-6-14/h3-8,11H,9-10,19H2,1-2H3. The Bertz CT molecular complexity index is 835. The van der Waals surface area contributed by atoms with Crippen LogP contribution in [0, 0.1) is 6.92 Å². The zero-order chi connectivity index (χ0) is 16.9. The Balaban J connectivity index is 1.95. The molecule has 0 saturated carbocycles. The van der Waals surface area contributed by atoms with E-state index in [0.29, 0.717) is 41.8 Å². The molecule has 0 aliphatic rings. The number of fused-ring (bicyclic) bond motifs is 1. The Morgan fingerprint density at radius 2 is 1.88 bits per heavy atom. The van der Waals surface area contributed by atoms with Crippen molar-refractivity contribution < 1.29 is 14.2 Å². The molecular weight excluding hydrogens is 306 g/mol. The lowest BCUT2D eigenvalue weighted by atomic mass is 10.2. The van der Waals surface area contributed by atoms with Gasteiger partial charge in [0.15, 0.2) is 5.75 Å². The molecule has 2 aromatic heterocycles. The Hall–Kier alpha value is -2.86. The second kappa shape index (κ2) is 7.14. The first kappa shape index (κ1) is 16.0. The molecule has 0 aliphatic carbocycles. The Morgan fingerprint density at radius 3 is 2.62 bits per heavy atom. The monoisotopic (exact) mass is 325 g/mol. The highest BCUT2D eigenvalue weighted by Gasteiger charge is 2.11. The largest absolute Gasteiger partial charge is 0.475 e. The second-order valence-corrected chi connectivity index (χ2v) is 5.30. The highest BCUT2D eigenvalue weighted by atomic mass is 16.5. The topological polar surface area (TPSA) is 79.5 Å². The van der Waals surface area contributed by atoms with E-state index < -0.39 is 0 Å². The van der Waals surface area contributed by atoms with Crippen LogP contribution in [0.15, 0.2) is 42.6 Å². The van der Waals surface area contributed by atoms with Gasteiger partial charge in [-0.15, -0.1) is 0 Å². The van der Waals surface area contributed by atoms with Crippen LogP contribution in [0.4, 0.5) is 5.69 Å². The fourth-order valence-electron chi connectivity index (χ4n) is 2.24. The number of pyridine rings is 2. The van der Waals surface area contributed by atoms with Crippen LogP contribution in [0.25, 0.3) is 11.0 Å². The number of nitrogen functional groups attached to an aromatic ring is 1. The maximum absolute atomic E-state index is 5.93. The van der Waals surface area contributed by atoms with E-state index in [2.05, 4.69) is 9.97 Å². The van der Waals surface area contributed by atoms with E-state index in [0.717, 1.165) is 11.1 Å². The lowest BCUT2D eigenvalue weighted by Crippen LogP contribution is -2.07. The molecule has 0 saturated heterocycles. The molecule has 3 rings (SSSR count). The highest BCUT2D eigenvalue weighted by molar-refractivity contribution is 5.82. The maximum Gasteiger partial charge on any atom is 0.217 e. The summed E-state index contributed by atoms with van der Waals surface area (Å²) in [6.07, 6.45) is 1.70. The number of rotatable bonds is 6. The van der Waals surface area contributed by atoms with Crippen LogP contribution in [-0.2, 0) is 4.74 Å². The van der Waals surface area contributed by atoms with Gasteiger partial charge >= 0.3 is 0 Å². The number of ether oxygens (including phenoxy) is 3. The van der Waals surface area contributed by atoms with E-state index in [1.807, 2.05) is 25.1 Å². The number of hydrogen-bond donors (Lipinski definition) is 1. The van der Waals surface area contributed by atoms with Crippen LogP contribution in [0.1, 0.15) is 5.56 Å². The zero-order valence-electron chi connectivity index (χ0n) is 13.7. The fourth-order valence-corrected chi connectivity index (χ4v) is 2.24. The molecule has 0 bridgehead atoms. The van der Waals surface area contributed by atoms with Crippen LogP contribution in [0.2, 0.25) is 0 Å². The third-order valence-electron chi connectivity index (χ3n) is 3.45. The predicted molar refractivity (Wildman–Crippen MR) is 92.6 cm³/mol. The lowest BCUT2D eigenvalue weighted by molar-refractivity contribution is 0.143. The molecule has 24 heavy (non-hydrogen) atoms. The summed E-state index contributed by atoms with van der Waals surface area (Å²) < 4.78 is 16.6. The van der Waals surface area contributed by atoms with Gasteiger partial charge in [0.2, 0.25) is 5.88 Å². The third kappa shape index (κ3) is 3.55. The number of aryl methyl sites for hydroxylation is 1. The summed E-state index contributed by atoms with van der Waals surface area (Å²) in [5, 5.41) is 0. The molecule has 0 fully saturated rings. The Kier molecular flexibility index (Phi) is 4.77. The van der Waals surface area contributed by atoms with Crippen molar-refractivity contribution in [2.75, 3.05) is 26.1 Å². The third-order valence-corrected chi connectivity index (χ3v) is 3.45. The van der Waals surface area contributed by atoms with Crippen molar-refractivity contribution in [1.82, 2.24) is 9.97 Å². The maximum atomic E-state index is 5.93. The van der Waals surface area contributed by atoms with E-state index >= 15 is 0 Å². The van der Waals surface area contributed by atoms with Gasteiger partial charge < -0.3 is 19.9 Å². The number of nitrogens with zero attached hydrogens (tertiary/aromatic N) is 2. The van der Waals surface area contributed by atoms with E-state index in [4.69, 9.17) is 19.9 Å². The minimum atomic E-state index is 0.435. The smallest absolute Gasteiger partial charge is 0.217 e. The molecule has 0 atom stereocenters. The number of aromatic nitrogens is 2. The number of anilines is 1. The van der Waals surface area contributed by atoms with Crippen LogP contribution in [-0.4, -0.2) is 30.3 Å². The van der Waals surface area contributed by atoms with Crippen molar-refractivity contribution in [3.8, 4) is 17.4 Å². The molecule has 0 unspecified atom stereocenters. The molecule has 3 aromatic rings. The van der Waals surface area contributed by atoms with Gasteiger partial charge in [0.25, 0.3) is 0 Å². The molecule has 6 heteroatoms. The van der Waals surface area contributed by atoms with Crippen molar-refractivity contribution in [3.63, 3.8) is 0 Å². The van der Waals surface area contributed by atoms with Crippen molar-refractivity contribution in [2.45, 2.75) is 6.92 Å². The first-order valence-electron chi connectivity index (χ1n) is 7.59. The molecular formula is C18H19N3O3. The quantitative estimate of drug-likeness (QED) is 0.553. The van der Waals surface area contributed by atoms with Crippen LogP contribution in [0.5, 0.6) is 17.4 Å². The first-order valence-corrected chi connectivity index (χ1v) is 7.59.